The fourth-order valence-corrected chi connectivity index (χ4v) is 2.16. The molecule has 5 nitrogen and oxygen atoms in total. The van der Waals surface area contributed by atoms with Crippen LogP contribution < -0.4 is 0 Å². The van der Waals surface area contributed by atoms with Crippen molar-refractivity contribution in [3.8, 4) is 0 Å². The fraction of sp³-hybridized carbons (Fsp3) is 0.0714. The van der Waals surface area contributed by atoms with Crippen molar-refractivity contribution < 1.29 is 14.5 Å². The Bertz CT molecular complexity index is 688. The highest BCUT2D eigenvalue weighted by Crippen LogP contribution is 2.28. The number of nitro groups is 1. The summed E-state index contributed by atoms with van der Waals surface area (Å²) in [7, 11) is 0. The van der Waals surface area contributed by atoms with Gasteiger partial charge in [0.05, 0.1) is 10.5 Å². The molecule has 0 aliphatic rings. The zero-order valence-corrected chi connectivity index (χ0v) is 12.9. The lowest BCUT2D eigenvalue weighted by molar-refractivity contribution is -0.384. The van der Waals surface area contributed by atoms with Crippen LogP contribution in [0.15, 0.2) is 46.9 Å². The van der Waals surface area contributed by atoms with Gasteiger partial charge in [0, 0.05) is 10.5 Å². The summed E-state index contributed by atoms with van der Waals surface area (Å²) in [5.41, 5.74) is 0.450. The molecular weight excluding hydrogens is 362 g/mol. The Balaban J connectivity index is 2.12. The van der Waals surface area contributed by atoms with Gasteiger partial charge in [0.25, 0.3) is 5.69 Å². The van der Waals surface area contributed by atoms with E-state index in [0.717, 1.165) is 10.0 Å². The van der Waals surface area contributed by atoms with Gasteiger partial charge in [0.1, 0.15) is 11.6 Å². The third kappa shape index (κ3) is 3.80. The van der Waals surface area contributed by atoms with Crippen LogP contribution in [0.2, 0.25) is 5.02 Å². The number of carbonyl (C=O) groups excluding carboxylic acids is 1. The van der Waals surface area contributed by atoms with E-state index in [0.29, 0.717) is 0 Å². The van der Waals surface area contributed by atoms with Crippen LogP contribution in [-0.4, -0.2) is 10.9 Å². The number of esters is 1. The first-order valence-electron chi connectivity index (χ1n) is 5.83. The standard InChI is InChI=1S/C14H9BrClNO4/c15-10-6-4-9(5-7-10)8-21-14(18)11-2-1-3-12(13(11)16)17(19)20/h1-7H,8H2. The van der Waals surface area contributed by atoms with Crippen molar-refractivity contribution in [3.63, 3.8) is 0 Å². The van der Waals surface area contributed by atoms with Gasteiger partial charge < -0.3 is 4.74 Å². The normalized spacial score (nSPS) is 10.2. The summed E-state index contributed by atoms with van der Waals surface area (Å²) in [5, 5.41) is 10.6. The van der Waals surface area contributed by atoms with Crippen LogP contribution >= 0.6 is 27.5 Å². The summed E-state index contributed by atoms with van der Waals surface area (Å²) in [6.45, 7) is 0.0606. The Morgan fingerprint density at radius 2 is 1.90 bits per heavy atom. The number of rotatable bonds is 4. The summed E-state index contributed by atoms with van der Waals surface area (Å²) in [6, 6.07) is 11.2. The third-order valence-corrected chi connectivity index (χ3v) is 3.60. The largest absolute Gasteiger partial charge is 0.457 e. The van der Waals surface area contributed by atoms with E-state index in [1.165, 1.54) is 18.2 Å². The Kier molecular flexibility index (Phi) is 4.93. The lowest BCUT2D eigenvalue weighted by Gasteiger charge is -2.06. The first-order valence-corrected chi connectivity index (χ1v) is 7.00. The smallest absolute Gasteiger partial charge is 0.340 e. The Hall–Kier alpha value is -1.92. The minimum absolute atomic E-state index is 0.0250. The number of hydrogen-bond acceptors (Lipinski definition) is 4. The van der Waals surface area contributed by atoms with Crippen LogP contribution in [-0.2, 0) is 11.3 Å². The molecule has 0 N–H and O–H groups in total. The molecule has 0 fully saturated rings. The lowest BCUT2D eigenvalue weighted by Crippen LogP contribution is -2.07. The monoisotopic (exact) mass is 369 g/mol. The molecule has 2 aromatic carbocycles. The van der Waals surface area contributed by atoms with E-state index >= 15 is 0 Å². The summed E-state index contributed by atoms with van der Waals surface area (Å²) < 4.78 is 6.02. The van der Waals surface area contributed by atoms with Crippen molar-refractivity contribution >= 4 is 39.2 Å². The lowest BCUT2D eigenvalue weighted by atomic mass is 10.2. The van der Waals surface area contributed by atoms with Gasteiger partial charge in [-0.05, 0) is 23.8 Å². The minimum Gasteiger partial charge on any atom is -0.457 e. The van der Waals surface area contributed by atoms with E-state index < -0.39 is 10.9 Å². The first kappa shape index (κ1) is 15.5. The van der Waals surface area contributed by atoms with Crippen LogP contribution in [0.25, 0.3) is 0 Å². The van der Waals surface area contributed by atoms with Gasteiger partial charge in [-0.3, -0.25) is 10.1 Å². The fourth-order valence-electron chi connectivity index (χ4n) is 1.63. The molecular formula is C14H9BrClNO4. The van der Waals surface area contributed by atoms with Crippen molar-refractivity contribution in [2.75, 3.05) is 0 Å². The number of carbonyl (C=O) groups is 1. The summed E-state index contributed by atoms with van der Waals surface area (Å²) in [5.74, 6) is -0.702. The third-order valence-electron chi connectivity index (χ3n) is 2.68. The first-order chi connectivity index (χ1) is 9.99. The molecule has 0 heterocycles. The molecule has 0 saturated carbocycles. The second-order valence-electron chi connectivity index (χ2n) is 4.10. The predicted molar refractivity (Wildman–Crippen MR) is 81.4 cm³/mol. The zero-order chi connectivity index (χ0) is 15.4. The maximum Gasteiger partial charge on any atom is 0.340 e. The Labute approximate surface area is 133 Å². The molecule has 2 rings (SSSR count). The van der Waals surface area contributed by atoms with E-state index in [4.69, 9.17) is 16.3 Å². The average molecular weight is 371 g/mol. The molecule has 0 radical (unpaired) electrons. The van der Waals surface area contributed by atoms with Gasteiger partial charge >= 0.3 is 5.97 Å². The second-order valence-corrected chi connectivity index (χ2v) is 5.39. The van der Waals surface area contributed by atoms with E-state index in [1.54, 1.807) is 12.1 Å². The molecule has 0 unspecified atom stereocenters. The number of halogens is 2. The summed E-state index contributed by atoms with van der Waals surface area (Å²) in [4.78, 5) is 22.1. The van der Waals surface area contributed by atoms with Gasteiger partial charge in [-0.1, -0.05) is 45.7 Å². The highest BCUT2D eigenvalue weighted by Gasteiger charge is 2.20. The molecule has 0 aromatic heterocycles. The topological polar surface area (TPSA) is 69.4 Å². The molecule has 7 heteroatoms. The highest BCUT2D eigenvalue weighted by atomic mass is 79.9. The zero-order valence-electron chi connectivity index (χ0n) is 10.6. The van der Waals surface area contributed by atoms with Gasteiger partial charge in [-0.25, -0.2) is 4.79 Å². The number of hydrogen-bond donors (Lipinski definition) is 0. The van der Waals surface area contributed by atoms with Crippen LogP contribution in [0.4, 0.5) is 5.69 Å². The molecule has 0 aliphatic carbocycles. The van der Waals surface area contributed by atoms with Crippen molar-refractivity contribution in [3.05, 3.63) is 73.2 Å². The number of benzene rings is 2. The molecule has 0 spiro atoms. The minimum atomic E-state index is -0.702. The van der Waals surface area contributed by atoms with Crippen LogP contribution in [0.3, 0.4) is 0 Å². The van der Waals surface area contributed by atoms with E-state index in [9.17, 15) is 14.9 Å². The highest BCUT2D eigenvalue weighted by molar-refractivity contribution is 9.10. The Morgan fingerprint density at radius 1 is 1.24 bits per heavy atom. The van der Waals surface area contributed by atoms with Gasteiger partial charge in [-0.15, -0.1) is 0 Å². The molecule has 0 saturated heterocycles. The maximum atomic E-state index is 11.9. The Morgan fingerprint density at radius 3 is 2.52 bits per heavy atom. The van der Waals surface area contributed by atoms with Crippen molar-refractivity contribution in [1.29, 1.82) is 0 Å². The SMILES string of the molecule is O=C(OCc1ccc(Br)cc1)c1cccc([N+](=O)[O-])c1Cl. The van der Waals surface area contributed by atoms with Crippen molar-refractivity contribution in [1.82, 2.24) is 0 Å². The molecule has 21 heavy (non-hydrogen) atoms. The quantitative estimate of drug-likeness (QED) is 0.455. The van der Waals surface area contributed by atoms with E-state index in [1.807, 2.05) is 12.1 Å². The van der Waals surface area contributed by atoms with Crippen molar-refractivity contribution in [2.45, 2.75) is 6.61 Å². The van der Waals surface area contributed by atoms with Gasteiger partial charge in [0.2, 0.25) is 0 Å². The van der Waals surface area contributed by atoms with Gasteiger partial charge in [-0.2, -0.15) is 0 Å². The second kappa shape index (κ2) is 6.69. The molecule has 0 amide bonds. The molecule has 108 valence electrons. The van der Waals surface area contributed by atoms with E-state index in [2.05, 4.69) is 15.9 Å². The number of nitro benzene ring substituents is 1. The summed E-state index contributed by atoms with van der Waals surface area (Å²) >= 11 is 9.16. The van der Waals surface area contributed by atoms with Crippen LogP contribution in [0.5, 0.6) is 0 Å². The van der Waals surface area contributed by atoms with E-state index in [-0.39, 0.29) is 22.9 Å². The summed E-state index contributed by atoms with van der Waals surface area (Å²) in [6.07, 6.45) is 0. The molecule has 2 aromatic rings. The van der Waals surface area contributed by atoms with Gasteiger partial charge in [0.15, 0.2) is 0 Å². The molecule has 0 atom stereocenters. The van der Waals surface area contributed by atoms with Crippen LogP contribution in [0, 0.1) is 10.1 Å². The predicted octanol–water partition coefficient (Wildman–Crippen LogP) is 4.37. The number of ether oxygens (including phenoxy) is 1. The molecule has 0 bridgehead atoms. The average Bonchev–Trinajstić information content (AvgIpc) is 2.46. The maximum absolute atomic E-state index is 11.9. The van der Waals surface area contributed by atoms with Crippen molar-refractivity contribution in [2.24, 2.45) is 0 Å². The molecule has 0 aliphatic heterocycles. The number of nitrogens with zero attached hydrogens (tertiary/aromatic N) is 1. The van der Waals surface area contributed by atoms with Crippen LogP contribution in [0.1, 0.15) is 15.9 Å².